The molecule has 1 aromatic heterocycles. The summed E-state index contributed by atoms with van der Waals surface area (Å²) < 4.78 is 5.30. The lowest BCUT2D eigenvalue weighted by Gasteiger charge is -2.50. The number of carbonyl (C=O) groups excluding carboxylic acids is 1. The maximum atomic E-state index is 12.6. The zero-order valence-corrected chi connectivity index (χ0v) is 15.5. The summed E-state index contributed by atoms with van der Waals surface area (Å²) in [6.45, 7) is 3.24. The molecule has 1 aromatic carbocycles. The molecule has 7 nitrogen and oxygen atoms in total. The van der Waals surface area contributed by atoms with Crippen molar-refractivity contribution in [3.05, 3.63) is 41.6 Å². The minimum absolute atomic E-state index is 0.0386. The van der Waals surface area contributed by atoms with Crippen LogP contribution in [0, 0.1) is 5.41 Å². The molecule has 0 unspecified atom stereocenters. The van der Waals surface area contributed by atoms with Crippen LogP contribution in [0.3, 0.4) is 0 Å². The number of aryl methyl sites for hydroxylation is 1. The van der Waals surface area contributed by atoms with E-state index in [4.69, 9.17) is 10.5 Å². The Morgan fingerprint density at radius 2 is 2.19 bits per heavy atom. The molecule has 3 rings (SSSR count). The lowest BCUT2D eigenvalue weighted by Crippen LogP contribution is -2.64. The Hall–Kier alpha value is -2.83. The number of nitrogens with one attached hydrogen (secondary N) is 1. The Bertz CT molecular complexity index is 802. The van der Waals surface area contributed by atoms with Gasteiger partial charge in [-0.3, -0.25) is 4.79 Å². The Morgan fingerprint density at radius 1 is 1.42 bits per heavy atom. The largest absolute Gasteiger partial charge is 0.497 e. The normalized spacial score (nSPS) is 15.3. The maximum Gasteiger partial charge on any atom is 0.229 e. The third-order valence-corrected chi connectivity index (χ3v) is 4.91. The molecule has 0 saturated carbocycles. The molecule has 3 N–H and O–H groups in total. The summed E-state index contributed by atoms with van der Waals surface area (Å²) in [5, 5.41) is 2.81. The zero-order chi connectivity index (χ0) is 18.7. The number of hydrogen-bond acceptors (Lipinski definition) is 6. The third kappa shape index (κ3) is 3.29. The van der Waals surface area contributed by atoms with Gasteiger partial charge in [-0.05, 0) is 30.5 Å². The number of hydrogen-bond donors (Lipinski definition) is 2. The molecule has 1 amide bonds. The van der Waals surface area contributed by atoms with E-state index < -0.39 is 5.41 Å². The molecule has 0 spiro atoms. The van der Waals surface area contributed by atoms with Gasteiger partial charge < -0.3 is 20.7 Å². The first-order valence-corrected chi connectivity index (χ1v) is 8.73. The smallest absolute Gasteiger partial charge is 0.229 e. The van der Waals surface area contributed by atoms with Crippen LogP contribution < -0.4 is 20.7 Å². The van der Waals surface area contributed by atoms with E-state index >= 15 is 0 Å². The van der Waals surface area contributed by atoms with E-state index in [0.29, 0.717) is 19.5 Å². The van der Waals surface area contributed by atoms with Crippen LogP contribution >= 0.6 is 0 Å². The van der Waals surface area contributed by atoms with Crippen LogP contribution in [0.25, 0.3) is 0 Å². The van der Waals surface area contributed by atoms with Crippen molar-refractivity contribution in [2.75, 3.05) is 37.9 Å². The lowest BCUT2D eigenvalue weighted by molar-refractivity contribution is -0.132. The average Bonchev–Trinajstić information content (AvgIpc) is 2.63. The first-order chi connectivity index (χ1) is 12.5. The van der Waals surface area contributed by atoms with Gasteiger partial charge in [0.1, 0.15) is 11.6 Å². The highest BCUT2D eigenvalue weighted by Gasteiger charge is 2.49. The van der Waals surface area contributed by atoms with Gasteiger partial charge in [-0.15, -0.1) is 0 Å². The van der Waals surface area contributed by atoms with Crippen molar-refractivity contribution >= 4 is 17.7 Å². The third-order valence-electron chi connectivity index (χ3n) is 4.91. The summed E-state index contributed by atoms with van der Waals surface area (Å²) >= 11 is 0. The molecule has 7 heteroatoms. The van der Waals surface area contributed by atoms with Crippen molar-refractivity contribution in [3.8, 4) is 5.75 Å². The van der Waals surface area contributed by atoms with E-state index in [9.17, 15) is 4.79 Å². The quantitative estimate of drug-likeness (QED) is 0.814. The van der Waals surface area contributed by atoms with Crippen LogP contribution in [-0.2, 0) is 17.6 Å². The minimum atomic E-state index is -0.494. The summed E-state index contributed by atoms with van der Waals surface area (Å²) in [6, 6.07) is 7.85. The van der Waals surface area contributed by atoms with Crippen molar-refractivity contribution < 1.29 is 9.53 Å². The highest BCUT2D eigenvalue weighted by molar-refractivity contribution is 5.86. The van der Waals surface area contributed by atoms with Crippen molar-refractivity contribution in [1.82, 2.24) is 15.3 Å². The van der Waals surface area contributed by atoms with Crippen LogP contribution in [-0.4, -0.2) is 43.1 Å². The van der Waals surface area contributed by atoms with Crippen LogP contribution in [0.2, 0.25) is 0 Å². The average molecular weight is 355 g/mol. The summed E-state index contributed by atoms with van der Waals surface area (Å²) in [4.78, 5) is 23.2. The fourth-order valence-electron chi connectivity index (χ4n) is 3.54. The van der Waals surface area contributed by atoms with E-state index in [1.165, 1.54) is 0 Å². The minimum Gasteiger partial charge on any atom is -0.497 e. The first-order valence-electron chi connectivity index (χ1n) is 8.73. The van der Waals surface area contributed by atoms with Gasteiger partial charge in [-0.2, -0.15) is 4.98 Å². The molecule has 138 valence electrons. The fraction of sp³-hybridized carbons (Fsp3) is 0.421. The Labute approximate surface area is 153 Å². The van der Waals surface area contributed by atoms with Gasteiger partial charge in [0.15, 0.2) is 0 Å². The molecule has 0 atom stereocenters. The van der Waals surface area contributed by atoms with Crippen molar-refractivity contribution in [1.29, 1.82) is 0 Å². The molecule has 26 heavy (non-hydrogen) atoms. The number of methoxy groups -OCH3 is 1. The molecule has 1 aliphatic rings. The predicted molar refractivity (Wildman–Crippen MR) is 101 cm³/mol. The summed E-state index contributed by atoms with van der Waals surface area (Å²) in [5.41, 5.74) is 7.38. The van der Waals surface area contributed by atoms with Crippen LogP contribution in [0.4, 0.5) is 11.8 Å². The Kier molecular flexibility index (Phi) is 4.97. The van der Waals surface area contributed by atoms with Crippen molar-refractivity contribution in [2.24, 2.45) is 5.41 Å². The maximum absolute atomic E-state index is 12.6. The SMILES string of the molecule is CCc1cnc(N)nc1N1CC(Cc2cccc(OC)c2)(C(=O)NC)C1. The van der Waals surface area contributed by atoms with E-state index in [-0.39, 0.29) is 11.9 Å². The van der Waals surface area contributed by atoms with Gasteiger partial charge in [-0.1, -0.05) is 19.1 Å². The number of amides is 1. The zero-order valence-electron chi connectivity index (χ0n) is 15.5. The number of nitrogen functional groups attached to an aromatic ring is 1. The molecule has 1 fully saturated rings. The molecule has 0 radical (unpaired) electrons. The van der Waals surface area contributed by atoms with E-state index in [1.807, 2.05) is 24.3 Å². The van der Waals surface area contributed by atoms with Gasteiger partial charge in [0, 0.05) is 31.9 Å². The monoisotopic (exact) mass is 355 g/mol. The summed E-state index contributed by atoms with van der Waals surface area (Å²) in [5.74, 6) is 1.91. The van der Waals surface area contributed by atoms with Crippen molar-refractivity contribution in [3.63, 3.8) is 0 Å². The van der Waals surface area contributed by atoms with Crippen molar-refractivity contribution in [2.45, 2.75) is 19.8 Å². The van der Waals surface area contributed by atoms with E-state index in [0.717, 1.165) is 29.1 Å². The molecule has 2 aromatic rings. The van der Waals surface area contributed by atoms with Crippen LogP contribution in [0.15, 0.2) is 30.5 Å². The second-order valence-corrected chi connectivity index (χ2v) is 6.67. The standard InChI is InChI=1S/C19H25N5O2/c1-4-14-10-22-18(20)23-16(14)24-11-19(12-24,17(25)21-2)9-13-6-5-7-15(8-13)26-3/h5-8,10H,4,9,11-12H2,1-3H3,(H,21,25)(H2,20,22,23). The second kappa shape index (κ2) is 7.19. The van der Waals surface area contributed by atoms with Crippen LogP contribution in [0.5, 0.6) is 5.75 Å². The summed E-state index contributed by atoms with van der Waals surface area (Å²) in [7, 11) is 3.32. The summed E-state index contributed by atoms with van der Waals surface area (Å²) in [6.07, 6.45) is 3.22. The molecular weight excluding hydrogens is 330 g/mol. The number of nitrogens with two attached hydrogens (primary N) is 1. The second-order valence-electron chi connectivity index (χ2n) is 6.67. The van der Waals surface area contributed by atoms with Gasteiger partial charge in [0.05, 0.1) is 12.5 Å². The Morgan fingerprint density at radius 3 is 2.85 bits per heavy atom. The van der Waals surface area contributed by atoms with Gasteiger partial charge in [-0.25, -0.2) is 4.98 Å². The van der Waals surface area contributed by atoms with Gasteiger partial charge in [0.25, 0.3) is 0 Å². The first kappa shape index (κ1) is 18.0. The van der Waals surface area contributed by atoms with Gasteiger partial charge >= 0.3 is 0 Å². The molecule has 0 aliphatic carbocycles. The number of ether oxygens (including phenoxy) is 1. The number of nitrogens with zero attached hydrogens (tertiary/aromatic N) is 3. The number of carbonyl (C=O) groups is 1. The molecule has 0 bridgehead atoms. The topological polar surface area (TPSA) is 93.4 Å². The van der Waals surface area contributed by atoms with E-state index in [2.05, 4.69) is 27.1 Å². The van der Waals surface area contributed by atoms with Gasteiger partial charge in [0.2, 0.25) is 11.9 Å². The molecule has 1 aliphatic heterocycles. The number of aromatic nitrogens is 2. The fourth-order valence-corrected chi connectivity index (χ4v) is 3.54. The molecular formula is C19H25N5O2. The Balaban J connectivity index is 1.84. The lowest BCUT2D eigenvalue weighted by atomic mass is 9.73. The predicted octanol–water partition coefficient (Wildman–Crippen LogP) is 1.42. The van der Waals surface area contributed by atoms with E-state index in [1.54, 1.807) is 20.4 Å². The van der Waals surface area contributed by atoms with Crippen LogP contribution in [0.1, 0.15) is 18.1 Å². The number of benzene rings is 1. The highest BCUT2D eigenvalue weighted by Crippen LogP contribution is 2.38. The molecule has 2 heterocycles. The number of anilines is 2. The molecule has 1 saturated heterocycles. The number of rotatable bonds is 6. The highest BCUT2D eigenvalue weighted by atomic mass is 16.5.